The van der Waals surface area contributed by atoms with Crippen LogP contribution in [0, 0.1) is 6.92 Å². The number of carbonyl (C=O) groups is 1. The summed E-state index contributed by atoms with van der Waals surface area (Å²) in [5, 5.41) is 12.3. The van der Waals surface area contributed by atoms with E-state index in [1.54, 1.807) is 19.1 Å². The van der Waals surface area contributed by atoms with Gasteiger partial charge in [0.15, 0.2) is 0 Å². The molecule has 0 aliphatic rings. The van der Waals surface area contributed by atoms with Gasteiger partial charge in [-0.1, -0.05) is 23.2 Å². The number of rotatable bonds is 3. The van der Waals surface area contributed by atoms with E-state index >= 15 is 0 Å². The highest BCUT2D eigenvalue weighted by atomic mass is 35.5. The van der Waals surface area contributed by atoms with Crippen LogP contribution in [0.2, 0.25) is 10.0 Å². The molecule has 19 heavy (non-hydrogen) atoms. The lowest BCUT2D eigenvalue weighted by atomic mass is 10.2. The largest absolute Gasteiger partial charge is 0.481 e. The van der Waals surface area contributed by atoms with Crippen molar-refractivity contribution in [3.8, 4) is 5.69 Å². The number of aromatic amines is 1. The molecule has 0 unspecified atom stereocenters. The van der Waals surface area contributed by atoms with Crippen LogP contribution in [0.4, 0.5) is 0 Å². The molecule has 0 spiro atoms. The Bertz CT molecular complexity index is 703. The second-order valence-corrected chi connectivity index (χ2v) is 4.84. The molecule has 0 atom stereocenters. The number of benzene rings is 1. The van der Waals surface area contributed by atoms with Crippen molar-refractivity contribution < 1.29 is 9.90 Å². The van der Waals surface area contributed by atoms with Gasteiger partial charge in [-0.15, -0.1) is 0 Å². The van der Waals surface area contributed by atoms with Gasteiger partial charge in [0.1, 0.15) is 0 Å². The van der Waals surface area contributed by atoms with Crippen molar-refractivity contribution in [2.75, 3.05) is 0 Å². The van der Waals surface area contributed by atoms with Crippen LogP contribution in [0.1, 0.15) is 11.3 Å². The van der Waals surface area contributed by atoms with Gasteiger partial charge in [0.2, 0.25) is 0 Å². The molecule has 2 N–H and O–H groups in total. The van der Waals surface area contributed by atoms with Gasteiger partial charge in [0, 0.05) is 5.69 Å². The predicted molar refractivity (Wildman–Crippen MR) is 72.5 cm³/mol. The lowest BCUT2D eigenvalue weighted by Crippen LogP contribution is -2.19. The Labute approximate surface area is 118 Å². The number of aromatic nitrogens is 2. The number of hydrogen-bond donors (Lipinski definition) is 2. The predicted octanol–water partition coefficient (Wildman–Crippen LogP) is 2.41. The molecule has 2 rings (SSSR count). The molecule has 0 aliphatic carbocycles. The summed E-state index contributed by atoms with van der Waals surface area (Å²) in [6.45, 7) is 1.65. The Balaban J connectivity index is 2.54. The van der Waals surface area contributed by atoms with Crippen LogP contribution in [-0.2, 0) is 11.2 Å². The number of aliphatic carboxylic acids is 1. The molecule has 0 amide bonds. The number of nitrogens with one attached hydrogen (secondary N) is 1. The van der Waals surface area contributed by atoms with Crippen molar-refractivity contribution in [2.45, 2.75) is 13.3 Å². The first-order valence-electron chi connectivity index (χ1n) is 5.38. The molecule has 0 saturated heterocycles. The van der Waals surface area contributed by atoms with Gasteiger partial charge in [-0.2, -0.15) is 0 Å². The van der Waals surface area contributed by atoms with E-state index in [2.05, 4.69) is 5.10 Å². The molecule has 0 fully saturated rings. The van der Waals surface area contributed by atoms with Crippen molar-refractivity contribution in [1.82, 2.24) is 9.78 Å². The molecule has 1 heterocycles. The molecular formula is C12H10Cl2N2O3. The maximum atomic E-state index is 12.1. The molecule has 1 aromatic carbocycles. The second kappa shape index (κ2) is 5.11. The minimum Gasteiger partial charge on any atom is -0.481 e. The van der Waals surface area contributed by atoms with Crippen LogP contribution in [0.3, 0.4) is 0 Å². The quantitative estimate of drug-likeness (QED) is 0.914. The highest BCUT2D eigenvalue weighted by Crippen LogP contribution is 2.23. The van der Waals surface area contributed by atoms with Crippen LogP contribution in [0.5, 0.6) is 0 Å². The lowest BCUT2D eigenvalue weighted by Gasteiger charge is -2.03. The summed E-state index contributed by atoms with van der Waals surface area (Å²) in [6.07, 6.45) is -0.324. The number of aryl methyl sites for hydroxylation is 1. The highest BCUT2D eigenvalue weighted by Gasteiger charge is 2.15. The zero-order chi connectivity index (χ0) is 14.2. The van der Waals surface area contributed by atoms with Gasteiger partial charge in [0.05, 0.1) is 27.7 Å². The smallest absolute Gasteiger partial charge is 0.308 e. The van der Waals surface area contributed by atoms with E-state index in [-0.39, 0.29) is 12.0 Å². The van der Waals surface area contributed by atoms with E-state index in [4.69, 9.17) is 28.3 Å². The molecule has 0 saturated carbocycles. The minimum atomic E-state index is -1.06. The summed E-state index contributed by atoms with van der Waals surface area (Å²) >= 11 is 11.7. The molecule has 100 valence electrons. The van der Waals surface area contributed by atoms with E-state index < -0.39 is 11.5 Å². The number of halogens is 2. The minimum absolute atomic E-state index is 0.221. The molecule has 1 aromatic heterocycles. The average molecular weight is 301 g/mol. The lowest BCUT2D eigenvalue weighted by molar-refractivity contribution is -0.136. The van der Waals surface area contributed by atoms with E-state index in [9.17, 15) is 9.59 Å². The Morgan fingerprint density at radius 1 is 1.37 bits per heavy atom. The third-order valence-corrected chi connectivity index (χ3v) is 3.42. The van der Waals surface area contributed by atoms with Gasteiger partial charge in [-0.25, -0.2) is 4.68 Å². The molecule has 2 aromatic rings. The Morgan fingerprint density at radius 3 is 2.63 bits per heavy atom. The number of hydrogen-bond acceptors (Lipinski definition) is 2. The SMILES string of the molecule is Cc1[nH]n(-c2ccc(Cl)c(Cl)c2)c(=O)c1CC(=O)O. The van der Waals surface area contributed by atoms with Gasteiger partial charge in [-0.3, -0.25) is 14.7 Å². The fourth-order valence-electron chi connectivity index (χ4n) is 1.75. The van der Waals surface area contributed by atoms with Crippen LogP contribution < -0.4 is 5.56 Å². The summed E-state index contributed by atoms with van der Waals surface area (Å²) in [4.78, 5) is 22.8. The topological polar surface area (TPSA) is 75.1 Å². The first-order chi connectivity index (χ1) is 8.90. The molecule has 0 bridgehead atoms. The third kappa shape index (κ3) is 2.67. The summed E-state index contributed by atoms with van der Waals surface area (Å²) in [5.41, 5.74) is 0.828. The zero-order valence-electron chi connectivity index (χ0n) is 9.91. The zero-order valence-corrected chi connectivity index (χ0v) is 11.4. The molecule has 7 heteroatoms. The molecular weight excluding hydrogens is 291 g/mol. The average Bonchev–Trinajstić information content (AvgIpc) is 2.60. The second-order valence-electron chi connectivity index (χ2n) is 4.02. The van der Waals surface area contributed by atoms with Crippen LogP contribution >= 0.6 is 23.2 Å². The first-order valence-corrected chi connectivity index (χ1v) is 6.13. The van der Waals surface area contributed by atoms with E-state index in [1.807, 2.05) is 0 Å². The maximum Gasteiger partial charge on any atom is 0.308 e. The maximum absolute atomic E-state index is 12.1. The van der Waals surface area contributed by atoms with Crippen LogP contribution in [0.15, 0.2) is 23.0 Å². The van der Waals surface area contributed by atoms with Gasteiger partial charge in [0.25, 0.3) is 5.56 Å². The monoisotopic (exact) mass is 300 g/mol. The van der Waals surface area contributed by atoms with Gasteiger partial charge >= 0.3 is 5.97 Å². The Hall–Kier alpha value is -1.72. The van der Waals surface area contributed by atoms with E-state index in [0.717, 1.165) is 0 Å². The first kappa shape index (κ1) is 13.7. The number of H-pyrrole nitrogens is 1. The highest BCUT2D eigenvalue weighted by molar-refractivity contribution is 6.42. The molecule has 0 radical (unpaired) electrons. The molecule has 0 aliphatic heterocycles. The van der Waals surface area contributed by atoms with Crippen molar-refractivity contribution >= 4 is 29.2 Å². The fraction of sp³-hybridized carbons (Fsp3) is 0.167. The third-order valence-electron chi connectivity index (χ3n) is 2.68. The number of carboxylic acid groups (broad SMARTS) is 1. The van der Waals surface area contributed by atoms with Gasteiger partial charge in [-0.05, 0) is 25.1 Å². The Morgan fingerprint density at radius 2 is 2.05 bits per heavy atom. The summed E-state index contributed by atoms with van der Waals surface area (Å²) in [5.74, 6) is -1.06. The summed E-state index contributed by atoms with van der Waals surface area (Å²) < 4.78 is 1.25. The van der Waals surface area contributed by atoms with Crippen molar-refractivity contribution in [3.05, 3.63) is 49.9 Å². The summed E-state index contributed by atoms with van der Waals surface area (Å²) in [7, 11) is 0. The fourth-order valence-corrected chi connectivity index (χ4v) is 2.04. The van der Waals surface area contributed by atoms with Crippen LogP contribution in [0.25, 0.3) is 5.69 Å². The number of nitrogens with zero attached hydrogens (tertiary/aromatic N) is 1. The van der Waals surface area contributed by atoms with Crippen molar-refractivity contribution in [1.29, 1.82) is 0 Å². The van der Waals surface area contributed by atoms with Crippen molar-refractivity contribution in [3.63, 3.8) is 0 Å². The van der Waals surface area contributed by atoms with Crippen LogP contribution in [-0.4, -0.2) is 20.9 Å². The molecule has 5 nitrogen and oxygen atoms in total. The van der Waals surface area contributed by atoms with E-state index in [0.29, 0.717) is 21.4 Å². The summed E-state index contributed by atoms with van der Waals surface area (Å²) in [6, 6.07) is 4.72. The standard InChI is InChI=1S/C12H10Cl2N2O3/c1-6-8(5-11(17)18)12(19)16(15-6)7-2-3-9(13)10(14)4-7/h2-4,15H,5H2,1H3,(H,17,18). The van der Waals surface area contributed by atoms with E-state index in [1.165, 1.54) is 10.7 Å². The van der Waals surface area contributed by atoms with Gasteiger partial charge < -0.3 is 5.11 Å². The number of carboxylic acids is 1. The Kier molecular flexibility index (Phi) is 3.68. The van der Waals surface area contributed by atoms with Crippen molar-refractivity contribution in [2.24, 2.45) is 0 Å². The normalized spacial score (nSPS) is 10.7.